The number of carbonyl (C=O) groups excluding carboxylic acids is 1. The van der Waals surface area contributed by atoms with Crippen LogP contribution in [0.3, 0.4) is 0 Å². The first-order valence-corrected chi connectivity index (χ1v) is 8.52. The lowest BCUT2D eigenvalue weighted by Gasteiger charge is -2.29. The van der Waals surface area contributed by atoms with Crippen LogP contribution in [0.5, 0.6) is 5.88 Å². The molecule has 0 aliphatic heterocycles. The van der Waals surface area contributed by atoms with E-state index in [1.54, 1.807) is 18.3 Å². The zero-order valence-electron chi connectivity index (χ0n) is 13.3. The average molecular weight is 325 g/mol. The Balaban J connectivity index is 1.71. The van der Waals surface area contributed by atoms with Gasteiger partial charge in [-0.2, -0.15) is 0 Å². The predicted molar refractivity (Wildman–Crippen MR) is 88.1 cm³/mol. The van der Waals surface area contributed by atoms with Crippen LogP contribution < -0.4 is 10.1 Å². The molecular weight excluding hydrogens is 300 g/mol. The minimum absolute atomic E-state index is 0.177. The minimum Gasteiger partial charge on any atom is -0.474 e. The molecule has 1 saturated carbocycles. The van der Waals surface area contributed by atoms with Crippen molar-refractivity contribution in [2.24, 2.45) is 5.92 Å². The van der Waals surface area contributed by atoms with Crippen LogP contribution in [-0.4, -0.2) is 23.0 Å². The summed E-state index contributed by atoms with van der Waals surface area (Å²) < 4.78 is 5.86. The predicted octanol–water partition coefficient (Wildman–Crippen LogP) is 3.98. The van der Waals surface area contributed by atoms with Crippen molar-refractivity contribution in [2.75, 3.05) is 0 Å². The molecule has 1 unspecified atom stereocenters. The van der Waals surface area contributed by atoms with Crippen LogP contribution in [0.4, 0.5) is 0 Å². The van der Waals surface area contributed by atoms with Gasteiger partial charge in [0.2, 0.25) is 11.8 Å². The fourth-order valence-electron chi connectivity index (χ4n) is 2.68. The van der Waals surface area contributed by atoms with Gasteiger partial charge in [-0.15, -0.1) is 0 Å². The lowest BCUT2D eigenvalue weighted by molar-refractivity contribution is -0.123. The Morgan fingerprint density at radius 1 is 1.41 bits per heavy atom. The average Bonchev–Trinajstić information content (AvgIpc) is 2.51. The molecule has 2 rings (SSSR count). The number of hydrogen-bond acceptors (Lipinski definition) is 3. The largest absolute Gasteiger partial charge is 0.474 e. The summed E-state index contributed by atoms with van der Waals surface area (Å²) in [5, 5.41) is 3.76. The van der Waals surface area contributed by atoms with E-state index in [0.717, 1.165) is 32.1 Å². The maximum atomic E-state index is 11.9. The SMILES string of the molecule is CCC(C)CC(=O)NC1CCC(Oc2ccc(Cl)cn2)CC1. The smallest absolute Gasteiger partial charge is 0.220 e. The number of aromatic nitrogens is 1. The summed E-state index contributed by atoms with van der Waals surface area (Å²) in [6.45, 7) is 4.23. The number of nitrogens with one attached hydrogen (secondary N) is 1. The number of carbonyl (C=O) groups is 1. The molecule has 1 N–H and O–H groups in total. The van der Waals surface area contributed by atoms with Crippen molar-refractivity contribution >= 4 is 17.5 Å². The van der Waals surface area contributed by atoms with Crippen molar-refractivity contribution in [1.82, 2.24) is 10.3 Å². The normalized spacial score (nSPS) is 22.9. The molecule has 4 nitrogen and oxygen atoms in total. The van der Waals surface area contributed by atoms with Crippen LogP contribution in [-0.2, 0) is 4.79 Å². The summed E-state index contributed by atoms with van der Waals surface area (Å²) in [5.41, 5.74) is 0. The molecule has 1 aromatic rings. The Morgan fingerprint density at radius 3 is 2.73 bits per heavy atom. The van der Waals surface area contributed by atoms with E-state index in [-0.39, 0.29) is 18.1 Å². The molecule has 5 heteroatoms. The number of halogens is 1. The Bertz CT molecular complexity index is 470. The van der Waals surface area contributed by atoms with Crippen LogP contribution in [0.1, 0.15) is 52.4 Å². The summed E-state index contributed by atoms with van der Waals surface area (Å²) in [5.74, 6) is 1.25. The van der Waals surface area contributed by atoms with Gasteiger partial charge in [0.1, 0.15) is 6.10 Å². The number of pyridine rings is 1. The van der Waals surface area contributed by atoms with Gasteiger partial charge in [-0.1, -0.05) is 31.9 Å². The molecule has 1 aliphatic rings. The van der Waals surface area contributed by atoms with E-state index in [2.05, 4.69) is 24.1 Å². The van der Waals surface area contributed by atoms with Crippen molar-refractivity contribution in [3.8, 4) is 5.88 Å². The Morgan fingerprint density at radius 2 is 2.14 bits per heavy atom. The summed E-state index contributed by atoms with van der Waals surface area (Å²) in [6, 6.07) is 3.86. The number of ether oxygens (including phenoxy) is 1. The van der Waals surface area contributed by atoms with E-state index in [1.807, 2.05) is 0 Å². The molecule has 0 radical (unpaired) electrons. The maximum absolute atomic E-state index is 11.9. The summed E-state index contributed by atoms with van der Waals surface area (Å²) >= 11 is 5.81. The van der Waals surface area contributed by atoms with Gasteiger partial charge in [0, 0.05) is 24.7 Å². The molecule has 122 valence electrons. The van der Waals surface area contributed by atoms with E-state index in [1.165, 1.54) is 0 Å². The third-order valence-corrected chi connectivity index (χ3v) is 4.48. The van der Waals surface area contributed by atoms with Gasteiger partial charge in [-0.25, -0.2) is 4.98 Å². The van der Waals surface area contributed by atoms with Gasteiger partial charge < -0.3 is 10.1 Å². The van der Waals surface area contributed by atoms with E-state index in [9.17, 15) is 4.79 Å². The highest BCUT2D eigenvalue weighted by atomic mass is 35.5. The van der Waals surface area contributed by atoms with Crippen molar-refractivity contribution in [2.45, 2.75) is 64.5 Å². The fourth-order valence-corrected chi connectivity index (χ4v) is 2.79. The van der Waals surface area contributed by atoms with Crippen molar-refractivity contribution in [3.05, 3.63) is 23.4 Å². The maximum Gasteiger partial charge on any atom is 0.220 e. The van der Waals surface area contributed by atoms with Gasteiger partial charge >= 0.3 is 0 Å². The van der Waals surface area contributed by atoms with Gasteiger partial charge in [0.25, 0.3) is 0 Å². The quantitative estimate of drug-likeness (QED) is 0.861. The second-order valence-electron chi connectivity index (χ2n) is 6.19. The summed E-state index contributed by atoms with van der Waals surface area (Å²) in [4.78, 5) is 16.1. The molecule has 1 heterocycles. The van der Waals surface area contributed by atoms with E-state index in [4.69, 9.17) is 16.3 Å². The van der Waals surface area contributed by atoms with Gasteiger partial charge in [0.15, 0.2) is 0 Å². The molecule has 0 bridgehead atoms. The number of amides is 1. The molecule has 0 saturated heterocycles. The van der Waals surface area contributed by atoms with Crippen LogP contribution in [0, 0.1) is 5.92 Å². The van der Waals surface area contributed by atoms with Crippen LogP contribution in [0.15, 0.2) is 18.3 Å². The highest BCUT2D eigenvalue weighted by Crippen LogP contribution is 2.23. The van der Waals surface area contributed by atoms with Crippen molar-refractivity contribution in [3.63, 3.8) is 0 Å². The first-order valence-electron chi connectivity index (χ1n) is 8.14. The third kappa shape index (κ3) is 5.48. The molecule has 0 aromatic carbocycles. The number of hydrogen-bond donors (Lipinski definition) is 1. The summed E-state index contributed by atoms with van der Waals surface area (Å²) in [6.07, 6.45) is 7.25. The molecule has 1 aliphatic carbocycles. The summed E-state index contributed by atoms with van der Waals surface area (Å²) in [7, 11) is 0. The minimum atomic E-state index is 0.177. The van der Waals surface area contributed by atoms with Crippen LogP contribution in [0.2, 0.25) is 5.02 Å². The Kier molecular flexibility index (Phi) is 6.49. The second-order valence-corrected chi connectivity index (χ2v) is 6.63. The number of rotatable bonds is 6. The fraction of sp³-hybridized carbons (Fsp3) is 0.647. The Labute approximate surface area is 137 Å². The van der Waals surface area contributed by atoms with Crippen LogP contribution >= 0.6 is 11.6 Å². The molecular formula is C17H25ClN2O2. The zero-order valence-corrected chi connectivity index (χ0v) is 14.1. The third-order valence-electron chi connectivity index (χ3n) is 4.26. The molecule has 1 atom stereocenters. The van der Waals surface area contributed by atoms with Gasteiger partial charge in [-0.05, 0) is 37.7 Å². The van der Waals surface area contributed by atoms with E-state index < -0.39 is 0 Å². The highest BCUT2D eigenvalue weighted by molar-refractivity contribution is 6.30. The van der Waals surface area contributed by atoms with Gasteiger partial charge in [0.05, 0.1) is 5.02 Å². The Hall–Kier alpha value is -1.29. The van der Waals surface area contributed by atoms with E-state index in [0.29, 0.717) is 23.2 Å². The lowest BCUT2D eigenvalue weighted by atomic mass is 9.92. The monoisotopic (exact) mass is 324 g/mol. The highest BCUT2D eigenvalue weighted by Gasteiger charge is 2.24. The molecule has 1 amide bonds. The second kappa shape index (κ2) is 8.37. The zero-order chi connectivity index (χ0) is 15.9. The van der Waals surface area contributed by atoms with Crippen LogP contribution in [0.25, 0.3) is 0 Å². The standard InChI is InChI=1S/C17H25ClN2O2/c1-3-12(2)10-16(21)20-14-5-7-15(8-6-14)22-17-9-4-13(18)11-19-17/h4,9,11-12,14-15H,3,5-8,10H2,1-2H3,(H,20,21). The topological polar surface area (TPSA) is 51.2 Å². The molecule has 22 heavy (non-hydrogen) atoms. The molecule has 0 spiro atoms. The lowest BCUT2D eigenvalue weighted by Crippen LogP contribution is -2.40. The molecule has 1 aromatic heterocycles. The number of nitrogens with zero attached hydrogens (tertiary/aromatic N) is 1. The van der Waals surface area contributed by atoms with Gasteiger partial charge in [-0.3, -0.25) is 4.79 Å². The van der Waals surface area contributed by atoms with Crippen molar-refractivity contribution in [1.29, 1.82) is 0 Å². The van der Waals surface area contributed by atoms with Crippen molar-refractivity contribution < 1.29 is 9.53 Å². The van der Waals surface area contributed by atoms with E-state index >= 15 is 0 Å². The first kappa shape index (κ1) is 17.1. The molecule has 1 fully saturated rings. The first-order chi connectivity index (χ1) is 10.6.